The molecule has 0 spiro atoms. The minimum atomic E-state index is -4.45. The van der Waals surface area contributed by atoms with Crippen molar-refractivity contribution in [2.45, 2.75) is 18.2 Å². The Morgan fingerprint density at radius 1 is 1.21 bits per heavy atom. The lowest BCUT2D eigenvalue weighted by molar-refractivity contribution is -0.387. The lowest BCUT2D eigenvalue weighted by Crippen LogP contribution is -2.35. The van der Waals surface area contributed by atoms with Crippen molar-refractivity contribution in [3.8, 4) is 5.75 Å². The second kappa shape index (κ2) is 8.60. The number of hydrogen-bond donors (Lipinski definition) is 1. The molecule has 1 amide bonds. The number of fused-ring (bicyclic) bond motifs is 1. The van der Waals surface area contributed by atoms with Crippen molar-refractivity contribution in [2.75, 3.05) is 0 Å². The van der Waals surface area contributed by atoms with E-state index in [-0.39, 0.29) is 17.2 Å². The summed E-state index contributed by atoms with van der Waals surface area (Å²) in [5.74, 6) is -0.764. The van der Waals surface area contributed by atoms with E-state index in [1.54, 1.807) is 0 Å². The Hall–Kier alpha value is -3.84. The molecule has 0 unspecified atom stereocenters. The number of rotatable bonds is 6. The first-order valence-electron chi connectivity index (χ1n) is 9.46. The van der Waals surface area contributed by atoms with Crippen molar-refractivity contribution in [2.24, 2.45) is 10.1 Å². The minimum absolute atomic E-state index is 0.0293. The number of para-hydroxylation sites is 1. The van der Waals surface area contributed by atoms with Gasteiger partial charge in [-0.05, 0) is 48.0 Å². The molecule has 168 valence electrons. The van der Waals surface area contributed by atoms with Gasteiger partial charge in [0.2, 0.25) is 5.17 Å². The van der Waals surface area contributed by atoms with Crippen LogP contribution in [0.3, 0.4) is 0 Å². The van der Waals surface area contributed by atoms with Gasteiger partial charge in [0.1, 0.15) is 10.8 Å². The molecular formula is C20H15N5O6S2. The number of aliphatic imine (C=N–C) groups is 1. The fraction of sp³-hybridized carbons (Fsp3) is 0.100. The summed E-state index contributed by atoms with van der Waals surface area (Å²) < 4.78 is 30.1. The molecule has 4 rings (SSSR count). The minimum Gasteiger partial charge on any atom is -0.379 e. The van der Waals surface area contributed by atoms with Gasteiger partial charge in [-0.25, -0.2) is 0 Å². The monoisotopic (exact) mass is 485 g/mol. The summed E-state index contributed by atoms with van der Waals surface area (Å²) in [4.78, 5) is 26.1. The number of hydrazone groups is 1. The first kappa shape index (κ1) is 22.4. The van der Waals surface area contributed by atoms with Crippen LogP contribution in [0.2, 0.25) is 0 Å². The number of nitro groups is 1. The molecule has 1 N–H and O–H groups in total. The van der Waals surface area contributed by atoms with Crippen molar-refractivity contribution in [3.05, 3.63) is 69.8 Å². The topological polar surface area (TPSA) is 155 Å². The Morgan fingerprint density at radius 2 is 1.91 bits per heavy atom. The average molecular weight is 486 g/mol. The molecule has 2 aliphatic rings. The maximum atomic E-state index is 12.5. The molecule has 33 heavy (non-hydrogen) atoms. The highest BCUT2D eigenvalue weighted by atomic mass is 32.2. The van der Waals surface area contributed by atoms with Gasteiger partial charge in [-0.15, -0.1) is 0 Å². The van der Waals surface area contributed by atoms with E-state index in [0.29, 0.717) is 17.2 Å². The van der Waals surface area contributed by atoms with Crippen molar-refractivity contribution < 1.29 is 22.3 Å². The highest BCUT2D eigenvalue weighted by molar-refractivity contribution is 8.26. The van der Waals surface area contributed by atoms with E-state index in [1.807, 2.05) is 6.92 Å². The van der Waals surface area contributed by atoms with Crippen LogP contribution in [0.15, 0.2) is 69.1 Å². The lowest BCUT2D eigenvalue weighted by atomic mass is 10.1. The molecular weight excluding hydrogens is 470 g/mol. The number of nitro benzene ring substituents is 1. The summed E-state index contributed by atoms with van der Waals surface area (Å²) in [6, 6.07) is 10.5. The van der Waals surface area contributed by atoms with Gasteiger partial charge in [0, 0.05) is 6.07 Å². The highest BCUT2D eigenvalue weighted by Gasteiger charge is 2.35. The highest BCUT2D eigenvalue weighted by Crippen LogP contribution is 2.30. The fourth-order valence-electron chi connectivity index (χ4n) is 2.95. The van der Waals surface area contributed by atoms with Gasteiger partial charge >= 0.3 is 10.1 Å². The van der Waals surface area contributed by atoms with E-state index in [9.17, 15) is 23.3 Å². The summed E-state index contributed by atoms with van der Waals surface area (Å²) in [6.07, 6.45) is 2.09. The van der Waals surface area contributed by atoms with Crippen molar-refractivity contribution in [1.29, 1.82) is 5.41 Å². The molecule has 0 bridgehead atoms. The standard InChI is InChI=1S/C20H15N5O6S2/c1-2-17-23-24-18(21)14(19(26)22-20(24)32-17)11-12-7-9-13(10-8-12)31-33(29,30)16-6-4-3-5-15(16)25(27)28/h3-11,21H,2H2,1H3. The number of hydrogen-bond acceptors (Lipinski definition) is 9. The third kappa shape index (κ3) is 4.40. The Labute approximate surface area is 192 Å². The smallest absolute Gasteiger partial charge is 0.346 e. The van der Waals surface area contributed by atoms with Crippen LogP contribution < -0.4 is 4.18 Å². The molecule has 13 heteroatoms. The summed E-state index contributed by atoms with van der Waals surface area (Å²) in [5.41, 5.74) is -0.0764. The number of benzene rings is 2. The van der Waals surface area contributed by atoms with Gasteiger partial charge in [0.05, 0.1) is 10.5 Å². The molecule has 2 aliphatic heterocycles. The average Bonchev–Trinajstić information content (AvgIpc) is 3.21. The number of carbonyl (C=O) groups is 1. The SMILES string of the molecule is CCC1=NN2C(=N)C(=Cc3ccc(OS(=O)(=O)c4ccccc4[N+](=O)[O-])cc3)C(=O)N=C2S1. The van der Waals surface area contributed by atoms with Crippen molar-refractivity contribution in [3.63, 3.8) is 0 Å². The largest absolute Gasteiger partial charge is 0.379 e. The molecule has 2 aromatic carbocycles. The Bertz CT molecular complexity index is 1380. The Balaban J connectivity index is 1.57. The molecule has 0 aromatic heterocycles. The van der Waals surface area contributed by atoms with E-state index in [0.717, 1.165) is 17.2 Å². The lowest BCUT2D eigenvalue weighted by Gasteiger charge is -2.20. The Kier molecular flexibility index (Phi) is 5.82. The molecule has 11 nitrogen and oxygen atoms in total. The first-order chi connectivity index (χ1) is 15.7. The van der Waals surface area contributed by atoms with Gasteiger partial charge in [0.15, 0.2) is 10.7 Å². The summed E-state index contributed by atoms with van der Waals surface area (Å²) in [5, 5.41) is 26.1. The van der Waals surface area contributed by atoms with E-state index >= 15 is 0 Å². The number of amides is 1. The maximum Gasteiger partial charge on any atom is 0.346 e. The van der Waals surface area contributed by atoms with E-state index < -0.39 is 31.5 Å². The maximum absolute atomic E-state index is 12.5. The van der Waals surface area contributed by atoms with Gasteiger partial charge < -0.3 is 4.18 Å². The van der Waals surface area contributed by atoms with Crippen LogP contribution in [0.4, 0.5) is 5.69 Å². The number of carbonyl (C=O) groups excluding carboxylic acids is 1. The van der Waals surface area contributed by atoms with Crippen LogP contribution in [0.1, 0.15) is 18.9 Å². The molecule has 0 saturated carbocycles. The second-order valence-electron chi connectivity index (χ2n) is 6.70. The predicted molar refractivity (Wildman–Crippen MR) is 123 cm³/mol. The van der Waals surface area contributed by atoms with Crippen molar-refractivity contribution in [1.82, 2.24) is 5.01 Å². The Morgan fingerprint density at radius 3 is 2.58 bits per heavy atom. The van der Waals surface area contributed by atoms with Crippen LogP contribution >= 0.6 is 11.8 Å². The molecule has 0 fully saturated rings. The number of nitrogens with zero attached hydrogens (tertiary/aromatic N) is 4. The van der Waals surface area contributed by atoms with Crippen LogP contribution in [0.25, 0.3) is 6.08 Å². The van der Waals surface area contributed by atoms with Crippen LogP contribution in [0.5, 0.6) is 5.75 Å². The number of amidine groups is 2. The normalized spacial score (nSPS) is 17.0. The van der Waals surface area contributed by atoms with E-state index in [2.05, 4.69) is 10.1 Å². The van der Waals surface area contributed by atoms with Gasteiger partial charge in [-0.1, -0.05) is 31.2 Å². The van der Waals surface area contributed by atoms with Crippen molar-refractivity contribution >= 4 is 55.6 Å². The first-order valence-corrected chi connectivity index (χ1v) is 11.7. The zero-order valence-electron chi connectivity index (χ0n) is 17.0. The van der Waals surface area contributed by atoms with E-state index in [4.69, 9.17) is 9.59 Å². The van der Waals surface area contributed by atoms with Crippen LogP contribution in [-0.2, 0) is 14.9 Å². The molecule has 2 aromatic rings. The zero-order chi connectivity index (χ0) is 23.8. The summed E-state index contributed by atoms with van der Waals surface area (Å²) in [6.45, 7) is 1.91. The quantitative estimate of drug-likeness (QED) is 0.282. The van der Waals surface area contributed by atoms with Gasteiger partial charge in [0.25, 0.3) is 11.6 Å². The third-order valence-electron chi connectivity index (χ3n) is 4.53. The molecule has 0 atom stereocenters. The van der Waals surface area contributed by atoms with Gasteiger partial charge in [-0.3, -0.25) is 20.3 Å². The second-order valence-corrected chi connectivity index (χ2v) is 9.25. The summed E-state index contributed by atoms with van der Waals surface area (Å²) in [7, 11) is -4.45. The fourth-order valence-corrected chi connectivity index (χ4v) is 4.87. The molecule has 0 saturated heterocycles. The zero-order valence-corrected chi connectivity index (χ0v) is 18.6. The number of thioether (sulfide) groups is 1. The van der Waals surface area contributed by atoms with E-state index in [1.165, 1.54) is 59.2 Å². The number of nitrogens with one attached hydrogen (secondary N) is 1. The molecule has 0 radical (unpaired) electrons. The van der Waals surface area contributed by atoms with Crippen LogP contribution in [-0.4, -0.2) is 40.3 Å². The predicted octanol–water partition coefficient (Wildman–Crippen LogP) is 3.39. The third-order valence-corrected chi connectivity index (χ3v) is 6.88. The molecule has 0 aliphatic carbocycles. The summed E-state index contributed by atoms with van der Waals surface area (Å²) >= 11 is 1.24. The van der Waals surface area contributed by atoms with Gasteiger partial charge in [-0.2, -0.15) is 23.5 Å². The molecule has 2 heterocycles. The van der Waals surface area contributed by atoms with Crippen LogP contribution in [0, 0.1) is 15.5 Å².